The van der Waals surface area contributed by atoms with E-state index in [4.69, 9.17) is 0 Å². The van der Waals surface area contributed by atoms with Crippen LogP contribution in [0.3, 0.4) is 0 Å². The van der Waals surface area contributed by atoms with Crippen LogP contribution >= 0.6 is 0 Å². The number of hydrogen-bond acceptors (Lipinski definition) is 3. The van der Waals surface area contributed by atoms with Crippen molar-refractivity contribution in [2.45, 2.75) is 5.92 Å². The van der Waals surface area contributed by atoms with Gasteiger partial charge in [-0.25, -0.2) is 0 Å². The van der Waals surface area contributed by atoms with Gasteiger partial charge in [0.2, 0.25) is 0 Å². The summed E-state index contributed by atoms with van der Waals surface area (Å²) in [5.74, 6) is -5.19. The molecule has 0 bridgehead atoms. The minimum atomic E-state index is -3.78. The van der Waals surface area contributed by atoms with Gasteiger partial charge in [-0.2, -0.15) is 8.78 Å². The Kier molecular flexibility index (Phi) is 4.16. The summed E-state index contributed by atoms with van der Waals surface area (Å²) >= 11 is 0. The molecule has 0 fully saturated rings. The largest absolute Gasteiger partial charge is 0.350 e. The molecule has 0 spiro atoms. The fourth-order valence-electron chi connectivity index (χ4n) is 1.90. The third-order valence-corrected chi connectivity index (χ3v) is 3.16. The van der Waals surface area contributed by atoms with Crippen molar-refractivity contribution in [2.24, 2.45) is 0 Å². The highest BCUT2D eigenvalue weighted by molar-refractivity contribution is 5.98. The van der Waals surface area contributed by atoms with Gasteiger partial charge >= 0.3 is 11.8 Å². The van der Waals surface area contributed by atoms with Gasteiger partial charge in [-0.3, -0.25) is 14.9 Å². The summed E-state index contributed by atoms with van der Waals surface area (Å²) in [6, 6.07) is 11.7. The lowest BCUT2D eigenvalue weighted by molar-refractivity contribution is -0.384. The molecule has 0 aliphatic carbocycles. The zero-order valence-corrected chi connectivity index (χ0v) is 11.6. The van der Waals surface area contributed by atoms with E-state index in [-0.39, 0.29) is 5.69 Å². The molecule has 22 heavy (non-hydrogen) atoms. The first kappa shape index (κ1) is 15.6. The Labute approximate surface area is 124 Å². The number of rotatable bonds is 4. The number of anilines is 1. The second-order valence-corrected chi connectivity index (χ2v) is 4.58. The highest BCUT2D eigenvalue weighted by Crippen LogP contribution is 2.32. The van der Waals surface area contributed by atoms with Gasteiger partial charge in [-0.1, -0.05) is 18.2 Å². The van der Waals surface area contributed by atoms with Gasteiger partial charge in [-0.05, 0) is 24.3 Å². The molecular formula is C15H12F2N2O3. The molecule has 0 radical (unpaired) electrons. The fourth-order valence-corrected chi connectivity index (χ4v) is 1.90. The number of nitro benzene ring substituents is 1. The number of hydrogen-bond donors (Lipinski definition) is 0. The molecule has 0 heterocycles. The van der Waals surface area contributed by atoms with E-state index in [1.54, 1.807) is 18.2 Å². The van der Waals surface area contributed by atoms with Crippen molar-refractivity contribution in [1.29, 1.82) is 0 Å². The van der Waals surface area contributed by atoms with E-state index in [2.05, 4.69) is 0 Å². The van der Waals surface area contributed by atoms with Crippen LogP contribution in [-0.4, -0.2) is 17.9 Å². The van der Waals surface area contributed by atoms with Crippen molar-refractivity contribution in [3.8, 4) is 0 Å². The molecule has 2 aromatic rings. The van der Waals surface area contributed by atoms with E-state index in [1.165, 1.54) is 19.2 Å². The Morgan fingerprint density at radius 2 is 1.64 bits per heavy atom. The maximum atomic E-state index is 14.3. The molecule has 2 aromatic carbocycles. The van der Waals surface area contributed by atoms with Gasteiger partial charge in [0.15, 0.2) is 0 Å². The topological polar surface area (TPSA) is 63.5 Å². The number of carbonyl (C=O) groups excluding carboxylic acids is 1. The van der Waals surface area contributed by atoms with Crippen molar-refractivity contribution in [3.05, 3.63) is 70.3 Å². The Bertz CT molecular complexity index is 688. The summed E-state index contributed by atoms with van der Waals surface area (Å²) in [6.45, 7) is 0. The molecule has 7 heteroatoms. The minimum absolute atomic E-state index is 0.316. The quantitative estimate of drug-likeness (QED) is 0.643. The molecule has 0 atom stereocenters. The molecule has 0 saturated heterocycles. The van der Waals surface area contributed by atoms with Gasteiger partial charge in [0.05, 0.1) is 4.92 Å². The van der Waals surface area contributed by atoms with Crippen molar-refractivity contribution < 1.29 is 18.5 Å². The molecule has 1 amide bonds. The first-order valence-corrected chi connectivity index (χ1v) is 6.30. The number of halogens is 2. The number of non-ortho nitro benzene ring substituents is 1. The number of nitrogens with zero attached hydrogens (tertiary/aromatic N) is 2. The molecule has 0 saturated carbocycles. The average molecular weight is 306 g/mol. The second-order valence-electron chi connectivity index (χ2n) is 4.58. The van der Waals surface area contributed by atoms with Gasteiger partial charge in [0.25, 0.3) is 5.69 Å². The van der Waals surface area contributed by atoms with Gasteiger partial charge in [-0.15, -0.1) is 0 Å². The maximum absolute atomic E-state index is 14.3. The second kappa shape index (κ2) is 5.88. The molecule has 0 aromatic heterocycles. The summed E-state index contributed by atoms with van der Waals surface area (Å²) in [6.07, 6.45) is 0. The molecule has 114 valence electrons. The van der Waals surface area contributed by atoms with Crippen molar-refractivity contribution in [3.63, 3.8) is 0 Å². The summed E-state index contributed by atoms with van der Waals surface area (Å²) < 4.78 is 28.5. The molecule has 0 unspecified atom stereocenters. The highest BCUT2D eigenvalue weighted by atomic mass is 19.3. The minimum Gasteiger partial charge on any atom is -0.310 e. The van der Waals surface area contributed by atoms with E-state index in [0.717, 1.165) is 29.2 Å². The van der Waals surface area contributed by atoms with Crippen molar-refractivity contribution in [1.82, 2.24) is 0 Å². The predicted molar refractivity (Wildman–Crippen MR) is 76.8 cm³/mol. The van der Waals surface area contributed by atoms with Crippen molar-refractivity contribution in [2.75, 3.05) is 11.9 Å². The lowest BCUT2D eigenvalue weighted by atomic mass is 10.1. The van der Waals surface area contributed by atoms with Crippen LogP contribution in [0.5, 0.6) is 0 Å². The van der Waals surface area contributed by atoms with Gasteiger partial charge < -0.3 is 4.90 Å². The normalized spacial score (nSPS) is 11.0. The highest BCUT2D eigenvalue weighted by Gasteiger charge is 2.43. The predicted octanol–water partition coefficient (Wildman–Crippen LogP) is 3.35. The Morgan fingerprint density at radius 3 is 2.14 bits per heavy atom. The number of likely N-dealkylation sites (N-methyl/N-ethyl adjacent to an activating group) is 1. The third-order valence-electron chi connectivity index (χ3n) is 3.16. The van der Waals surface area contributed by atoms with Gasteiger partial charge in [0, 0.05) is 30.4 Å². The first-order chi connectivity index (χ1) is 10.3. The number of para-hydroxylation sites is 1. The molecule has 0 aliphatic heterocycles. The third kappa shape index (κ3) is 2.93. The molecular weight excluding hydrogens is 294 g/mol. The monoisotopic (exact) mass is 306 g/mol. The molecule has 2 rings (SSSR count). The van der Waals surface area contributed by atoms with Crippen LogP contribution in [0.4, 0.5) is 20.2 Å². The molecule has 5 nitrogen and oxygen atoms in total. The van der Waals surface area contributed by atoms with E-state index >= 15 is 0 Å². The summed E-state index contributed by atoms with van der Waals surface area (Å²) in [5, 5.41) is 10.5. The zero-order valence-electron chi connectivity index (χ0n) is 11.6. The number of nitro groups is 1. The number of benzene rings is 2. The zero-order chi connectivity index (χ0) is 16.3. The lowest BCUT2D eigenvalue weighted by Gasteiger charge is -2.23. The number of alkyl halides is 2. The van der Waals surface area contributed by atoms with Crippen LogP contribution in [0.1, 0.15) is 5.56 Å². The van der Waals surface area contributed by atoms with Gasteiger partial charge in [0.1, 0.15) is 0 Å². The van der Waals surface area contributed by atoms with Crippen LogP contribution in [0.25, 0.3) is 0 Å². The van der Waals surface area contributed by atoms with E-state index in [9.17, 15) is 23.7 Å². The summed E-state index contributed by atoms with van der Waals surface area (Å²) in [7, 11) is 1.25. The van der Waals surface area contributed by atoms with Crippen LogP contribution in [0.2, 0.25) is 0 Å². The SMILES string of the molecule is CN(C(=O)C(F)(F)c1ccc([N+](=O)[O-])cc1)c1ccccc1. The number of carbonyl (C=O) groups is 1. The Balaban J connectivity index is 2.28. The lowest BCUT2D eigenvalue weighted by Crippen LogP contribution is -2.39. The maximum Gasteiger partial charge on any atom is 0.350 e. The number of amides is 1. The van der Waals surface area contributed by atoms with E-state index in [0.29, 0.717) is 5.69 Å². The van der Waals surface area contributed by atoms with E-state index < -0.39 is 22.3 Å². The first-order valence-electron chi connectivity index (χ1n) is 6.30. The van der Waals surface area contributed by atoms with E-state index in [1.807, 2.05) is 0 Å². The van der Waals surface area contributed by atoms with Crippen LogP contribution in [-0.2, 0) is 10.7 Å². The molecule has 0 N–H and O–H groups in total. The van der Waals surface area contributed by atoms with Crippen LogP contribution in [0, 0.1) is 10.1 Å². The Morgan fingerprint density at radius 1 is 1.09 bits per heavy atom. The molecule has 0 aliphatic rings. The van der Waals surface area contributed by atoms with Crippen LogP contribution in [0.15, 0.2) is 54.6 Å². The summed E-state index contributed by atoms with van der Waals surface area (Å²) in [4.78, 5) is 22.7. The smallest absolute Gasteiger partial charge is 0.310 e. The fraction of sp³-hybridized carbons (Fsp3) is 0.133. The van der Waals surface area contributed by atoms with Crippen LogP contribution < -0.4 is 4.90 Å². The summed E-state index contributed by atoms with van der Waals surface area (Å²) in [5.41, 5.74) is -0.580. The average Bonchev–Trinajstić information content (AvgIpc) is 2.54. The Hall–Kier alpha value is -2.83. The van der Waals surface area contributed by atoms with Crippen molar-refractivity contribution >= 4 is 17.3 Å². The standard InChI is InChI=1S/C15H12F2N2O3/c1-18(12-5-3-2-4-6-12)14(20)15(16,17)11-7-9-13(10-8-11)19(21)22/h2-10H,1H3.